The quantitative estimate of drug-likeness (QED) is 0.372. The number of carbonyl (C=O) groups is 2. The highest BCUT2D eigenvalue weighted by Crippen LogP contribution is 2.35. The summed E-state index contributed by atoms with van der Waals surface area (Å²) in [6.45, 7) is 7.79. The van der Waals surface area contributed by atoms with Gasteiger partial charge in [0, 0.05) is 17.4 Å². The number of hydrogen-bond acceptors (Lipinski definition) is 7. The Kier molecular flexibility index (Phi) is 7.69. The SMILES string of the molecule is C=C1C(C)N(CNC=O)C(n2c(C)ccc(NS(=O)(=O)Cc3ccccc3)c2=O)N1CC(=O)NC1CC1. The molecule has 0 bridgehead atoms. The first kappa shape index (κ1) is 26.4. The van der Waals surface area contributed by atoms with E-state index in [1.807, 2.05) is 11.8 Å². The van der Waals surface area contributed by atoms with Gasteiger partial charge in [0.05, 0.1) is 25.0 Å². The van der Waals surface area contributed by atoms with Crippen LogP contribution in [-0.2, 0) is 25.4 Å². The molecule has 2 unspecified atom stereocenters. The van der Waals surface area contributed by atoms with Crippen LogP contribution in [0.2, 0.25) is 0 Å². The molecule has 12 heteroatoms. The zero-order valence-electron chi connectivity index (χ0n) is 20.9. The van der Waals surface area contributed by atoms with E-state index in [1.54, 1.807) is 48.2 Å². The molecule has 1 aliphatic carbocycles. The third-order valence-electron chi connectivity index (χ3n) is 6.55. The summed E-state index contributed by atoms with van der Waals surface area (Å²) in [6, 6.07) is 11.6. The van der Waals surface area contributed by atoms with Crippen molar-refractivity contribution in [1.29, 1.82) is 0 Å². The van der Waals surface area contributed by atoms with Gasteiger partial charge in [0.15, 0.2) is 6.29 Å². The highest BCUT2D eigenvalue weighted by atomic mass is 32.2. The molecule has 1 aromatic carbocycles. The largest absolute Gasteiger partial charge is 0.352 e. The van der Waals surface area contributed by atoms with Crippen LogP contribution in [0.3, 0.4) is 0 Å². The molecule has 1 aromatic heterocycles. The van der Waals surface area contributed by atoms with Crippen LogP contribution in [0.4, 0.5) is 5.69 Å². The van der Waals surface area contributed by atoms with Gasteiger partial charge in [0.1, 0.15) is 5.69 Å². The molecule has 1 saturated carbocycles. The maximum Gasteiger partial charge on any atom is 0.277 e. The number of rotatable bonds is 11. The molecule has 0 spiro atoms. The average Bonchev–Trinajstić information content (AvgIpc) is 3.63. The Morgan fingerprint density at radius 2 is 1.86 bits per heavy atom. The normalized spacial score (nSPS) is 20.1. The van der Waals surface area contributed by atoms with Crippen molar-refractivity contribution in [2.75, 3.05) is 17.9 Å². The Morgan fingerprint density at radius 1 is 1.16 bits per heavy atom. The minimum absolute atomic E-state index is 0.0439. The Bertz CT molecular complexity index is 1340. The summed E-state index contributed by atoms with van der Waals surface area (Å²) in [7, 11) is -3.88. The number of aromatic nitrogens is 1. The number of aryl methyl sites for hydroxylation is 1. The second-order valence-corrected chi connectivity index (χ2v) is 11.1. The molecule has 0 radical (unpaired) electrons. The Morgan fingerprint density at radius 3 is 2.51 bits per heavy atom. The van der Waals surface area contributed by atoms with Gasteiger partial charge >= 0.3 is 0 Å². The van der Waals surface area contributed by atoms with E-state index in [2.05, 4.69) is 21.9 Å². The molecule has 4 rings (SSSR count). The second-order valence-electron chi connectivity index (χ2n) is 9.39. The van der Waals surface area contributed by atoms with Crippen molar-refractivity contribution in [3.8, 4) is 0 Å². The molecule has 1 aliphatic heterocycles. The van der Waals surface area contributed by atoms with Crippen molar-refractivity contribution in [2.45, 2.75) is 50.8 Å². The molecule has 1 saturated heterocycles. The standard InChI is InChI=1S/C25H32N6O5S/c1-17-9-12-22(28-37(35,36)14-20-7-5-4-6-8-20)24(34)31(17)25-29(13-23(33)27-21-10-11-21)18(2)19(3)30(25)15-26-16-32/h4-9,12,16,19,21,25,28H,2,10-11,13-15H2,1,3H3,(H,26,32)(H,27,33). The van der Waals surface area contributed by atoms with E-state index in [4.69, 9.17) is 0 Å². The van der Waals surface area contributed by atoms with Crippen LogP contribution in [0.5, 0.6) is 0 Å². The fraction of sp³-hybridized carbons (Fsp3) is 0.400. The lowest BCUT2D eigenvalue weighted by Crippen LogP contribution is -2.48. The summed E-state index contributed by atoms with van der Waals surface area (Å²) in [5.41, 5.74) is 1.04. The molecule has 198 valence electrons. The fourth-order valence-electron chi connectivity index (χ4n) is 4.45. The number of benzene rings is 1. The highest BCUT2D eigenvalue weighted by molar-refractivity contribution is 7.91. The van der Waals surface area contributed by atoms with E-state index in [0.29, 0.717) is 23.4 Å². The Balaban J connectivity index is 1.69. The molecule has 2 aromatic rings. The summed E-state index contributed by atoms with van der Waals surface area (Å²) in [5.74, 6) is -0.488. The third-order valence-corrected chi connectivity index (χ3v) is 7.80. The number of hydrogen-bond donors (Lipinski definition) is 3. The van der Waals surface area contributed by atoms with Crippen LogP contribution < -0.4 is 20.9 Å². The maximum atomic E-state index is 13.7. The summed E-state index contributed by atoms with van der Waals surface area (Å²) in [5, 5.41) is 5.58. The molecule has 2 heterocycles. The number of nitrogens with zero attached hydrogens (tertiary/aromatic N) is 3. The molecule has 2 fully saturated rings. The van der Waals surface area contributed by atoms with Gasteiger partial charge in [-0.2, -0.15) is 0 Å². The molecule has 2 aliphatic rings. The molecule has 2 atom stereocenters. The predicted molar refractivity (Wildman–Crippen MR) is 140 cm³/mol. The fourth-order valence-corrected chi connectivity index (χ4v) is 5.65. The number of pyridine rings is 1. The van der Waals surface area contributed by atoms with Crippen LogP contribution in [-0.4, -0.2) is 60.4 Å². The van der Waals surface area contributed by atoms with Crippen molar-refractivity contribution in [3.63, 3.8) is 0 Å². The zero-order chi connectivity index (χ0) is 26.7. The van der Waals surface area contributed by atoms with Crippen molar-refractivity contribution in [1.82, 2.24) is 25.0 Å². The number of carbonyl (C=O) groups excluding carboxylic acids is 2. The first-order valence-electron chi connectivity index (χ1n) is 12.1. The van der Waals surface area contributed by atoms with Crippen LogP contribution >= 0.6 is 0 Å². The lowest BCUT2D eigenvalue weighted by atomic mass is 10.2. The van der Waals surface area contributed by atoms with E-state index in [-0.39, 0.29) is 42.6 Å². The summed E-state index contributed by atoms with van der Waals surface area (Å²) in [6.07, 6.45) is 1.61. The van der Waals surface area contributed by atoms with Crippen LogP contribution in [0.25, 0.3) is 0 Å². The van der Waals surface area contributed by atoms with Crippen molar-refractivity contribution in [2.24, 2.45) is 0 Å². The van der Waals surface area contributed by atoms with E-state index in [0.717, 1.165) is 12.8 Å². The molecule has 37 heavy (non-hydrogen) atoms. The average molecular weight is 529 g/mol. The van der Waals surface area contributed by atoms with Crippen molar-refractivity contribution in [3.05, 3.63) is 76.4 Å². The van der Waals surface area contributed by atoms with Gasteiger partial charge in [0.25, 0.3) is 5.56 Å². The van der Waals surface area contributed by atoms with Gasteiger partial charge < -0.3 is 15.5 Å². The first-order chi connectivity index (χ1) is 17.6. The topological polar surface area (TPSA) is 133 Å². The summed E-state index contributed by atoms with van der Waals surface area (Å²) < 4.78 is 29.6. The van der Waals surface area contributed by atoms with E-state index >= 15 is 0 Å². The van der Waals surface area contributed by atoms with E-state index in [1.165, 1.54) is 10.6 Å². The van der Waals surface area contributed by atoms with Gasteiger partial charge in [-0.25, -0.2) is 13.3 Å². The first-order valence-corrected chi connectivity index (χ1v) is 13.7. The van der Waals surface area contributed by atoms with E-state index < -0.39 is 21.9 Å². The molecular weight excluding hydrogens is 496 g/mol. The summed E-state index contributed by atoms with van der Waals surface area (Å²) in [4.78, 5) is 41.1. The minimum Gasteiger partial charge on any atom is -0.352 e. The molecule has 3 N–H and O–H groups in total. The number of amides is 2. The van der Waals surface area contributed by atoms with Crippen LogP contribution in [0, 0.1) is 6.92 Å². The molecule has 11 nitrogen and oxygen atoms in total. The predicted octanol–water partition coefficient (Wildman–Crippen LogP) is 1.06. The summed E-state index contributed by atoms with van der Waals surface area (Å²) >= 11 is 0. The monoisotopic (exact) mass is 528 g/mol. The second kappa shape index (κ2) is 10.8. The van der Waals surface area contributed by atoms with Gasteiger partial charge in [-0.05, 0) is 44.4 Å². The van der Waals surface area contributed by atoms with Gasteiger partial charge in [0.2, 0.25) is 22.3 Å². The van der Waals surface area contributed by atoms with Gasteiger partial charge in [-0.3, -0.25) is 23.7 Å². The smallest absolute Gasteiger partial charge is 0.277 e. The molecular formula is C25H32N6O5S. The third kappa shape index (κ3) is 6.03. The zero-order valence-corrected chi connectivity index (χ0v) is 21.7. The minimum atomic E-state index is -3.88. The lowest BCUT2D eigenvalue weighted by molar-refractivity contribution is -0.123. The Labute approximate surface area is 216 Å². The maximum absolute atomic E-state index is 13.7. The van der Waals surface area contributed by atoms with E-state index in [9.17, 15) is 22.8 Å². The number of nitrogens with one attached hydrogen (secondary N) is 3. The Hall–Kier alpha value is -3.64. The van der Waals surface area contributed by atoms with Crippen molar-refractivity contribution < 1.29 is 18.0 Å². The molecule has 2 amide bonds. The van der Waals surface area contributed by atoms with Crippen LogP contribution in [0.15, 0.2) is 59.5 Å². The van der Waals surface area contributed by atoms with Gasteiger partial charge in [-0.1, -0.05) is 36.9 Å². The number of sulfonamides is 1. The van der Waals surface area contributed by atoms with Crippen molar-refractivity contribution >= 4 is 28.0 Å². The highest BCUT2D eigenvalue weighted by Gasteiger charge is 2.43. The van der Waals surface area contributed by atoms with Gasteiger partial charge in [-0.15, -0.1) is 0 Å². The number of anilines is 1. The lowest BCUT2D eigenvalue weighted by Gasteiger charge is -2.34. The van der Waals surface area contributed by atoms with Crippen LogP contribution in [0.1, 0.15) is 37.3 Å².